The third-order valence-corrected chi connectivity index (χ3v) is 7.34. The lowest BCUT2D eigenvalue weighted by Crippen LogP contribution is -3.15. The molecule has 0 aliphatic carbocycles. The van der Waals surface area contributed by atoms with Crippen LogP contribution in [0, 0.1) is 13.8 Å². The van der Waals surface area contributed by atoms with Crippen LogP contribution in [-0.2, 0) is 14.8 Å². The largest absolute Gasteiger partial charge is 0.325 e. The maximum atomic E-state index is 12.7. The summed E-state index contributed by atoms with van der Waals surface area (Å²) in [6.07, 6.45) is 0. The van der Waals surface area contributed by atoms with Gasteiger partial charge >= 0.3 is 0 Å². The average Bonchev–Trinajstić information content (AvgIpc) is 2.66. The number of benzene rings is 2. The van der Waals surface area contributed by atoms with Crippen LogP contribution >= 0.6 is 11.6 Å². The predicted molar refractivity (Wildman–Crippen MR) is 110 cm³/mol. The molecule has 2 aromatic rings. The Balaban J connectivity index is 1.56. The first-order chi connectivity index (χ1) is 13.3. The number of quaternary nitrogens is 1. The number of halogens is 1. The number of rotatable bonds is 5. The quantitative estimate of drug-likeness (QED) is 0.766. The average molecular weight is 423 g/mol. The fraction of sp³-hybridized carbons (Fsp3) is 0.350. The van der Waals surface area contributed by atoms with E-state index in [4.69, 9.17) is 11.6 Å². The molecule has 28 heavy (non-hydrogen) atoms. The first-order valence-electron chi connectivity index (χ1n) is 9.23. The molecule has 1 fully saturated rings. The Hall–Kier alpha value is -1.93. The van der Waals surface area contributed by atoms with E-state index in [1.165, 1.54) is 16.4 Å². The molecule has 1 aliphatic heterocycles. The Bertz CT molecular complexity index is 953. The Morgan fingerprint density at radius 1 is 1.11 bits per heavy atom. The Kier molecular flexibility index (Phi) is 6.40. The van der Waals surface area contributed by atoms with Gasteiger partial charge in [-0.1, -0.05) is 23.7 Å². The lowest BCUT2D eigenvalue weighted by Gasteiger charge is -2.31. The van der Waals surface area contributed by atoms with Gasteiger partial charge in [0, 0.05) is 10.7 Å². The summed E-state index contributed by atoms with van der Waals surface area (Å²) in [5.74, 6) is -0.0577. The number of hydrogen-bond donors (Lipinski definition) is 2. The summed E-state index contributed by atoms with van der Waals surface area (Å²) >= 11 is 5.84. The smallest absolute Gasteiger partial charge is 0.279 e. The molecule has 1 saturated heterocycles. The molecule has 2 N–H and O–H groups in total. The first kappa shape index (κ1) is 20.8. The van der Waals surface area contributed by atoms with E-state index in [1.54, 1.807) is 12.1 Å². The number of hydrogen-bond acceptors (Lipinski definition) is 3. The highest BCUT2D eigenvalue weighted by atomic mass is 35.5. The van der Waals surface area contributed by atoms with Crippen molar-refractivity contribution in [3.63, 3.8) is 0 Å². The van der Waals surface area contributed by atoms with Crippen molar-refractivity contribution in [2.45, 2.75) is 18.7 Å². The van der Waals surface area contributed by atoms with Crippen LogP contribution in [0.5, 0.6) is 0 Å². The van der Waals surface area contributed by atoms with Gasteiger partial charge in [0.1, 0.15) is 0 Å². The highest BCUT2D eigenvalue weighted by molar-refractivity contribution is 7.89. The van der Waals surface area contributed by atoms with E-state index >= 15 is 0 Å². The van der Waals surface area contributed by atoms with Crippen LogP contribution in [0.25, 0.3) is 0 Å². The summed E-state index contributed by atoms with van der Waals surface area (Å²) < 4.78 is 26.9. The van der Waals surface area contributed by atoms with Crippen LogP contribution in [0.15, 0.2) is 47.4 Å². The molecular weight excluding hydrogens is 398 g/mol. The molecule has 0 unspecified atom stereocenters. The van der Waals surface area contributed by atoms with Crippen LogP contribution in [0.1, 0.15) is 11.1 Å². The van der Waals surface area contributed by atoms with Gasteiger partial charge < -0.3 is 10.2 Å². The molecule has 8 heteroatoms. The van der Waals surface area contributed by atoms with Crippen molar-refractivity contribution in [3.05, 3.63) is 58.6 Å². The second kappa shape index (κ2) is 8.61. The molecule has 0 radical (unpaired) electrons. The number of sulfonamides is 1. The van der Waals surface area contributed by atoms with Gasteiger partial charge in [-0.25, -0.2) is 8.42 Å². The zero-order valence-corrected chi connectivity index (χ0v) is 17.6. The molecule has 3 rings (SSSR count). The molecule has 6 nitrogen and oxygen atoms in total. The van der Waals surface area contributed by atoms with Gasteiger partial charge in [-0.2, -0.15) is 4.31 Å². The van der Waals surface area contributed by atoms with Gasteiger partial charge in [0.15, 0.2) is 6.54 Å². The van der Waals surface area contributed by atoms with Gasteiger partial charge in [0.25, 0.3) is 5.91 Å². The Morgan fingerprint density at radius 2 is 1.75 bits per heavy atom. The first-order valence-corrected chi connectivity index (χ1v) is 11.0. The van der Waals surface area contributed by atoms with E-state index in [0.717, 1.165) is 21.7 Å². The third-order valence-electron chi connectivity index (χ3n) is 5.17. The van der Waals surface area contributed by atoms with E-state index in [-0.39, 0.29) is 10.8 Å². The summed E-state index contributed by atoms with van der Waals surface area (Å²) in [6.45, 7) is 6.27. The Labute approximate surface area is 171 Å². The molecule has 0 saturated carbocycles. The van der Waals surface area contributed by atoms with Crippen LogP contribution < -0.4 is 10.2 Å². The number of anilines is 1. The number of piperazine rings is 1. The van der Waals surface area contributed by atoms with E-state index < -0.39 is 10.0 Å². The molecule has 150 valence electrons. The van der Waals surface area contributed by atoms with Crippen LogP contribution in [0.2, 0.25) is 5.02 Å². The van der Waals surface area contributed by atoms with Crippen LogP contribution in [0.4, 0.5) is 5.69 Å². The fourth-order valence-corrected chi connectivity index (χ4v) is 4.85. The molecule has 0 atom stereocenters. The lowest BCUT2D eigenvalue weighted by molar-refractivity contribution is -0.895. The van der Waals surface area contributed by atoms with Gasteiger partial charge in [-0.05, 0) is 55.3 Å². The molecule has 1 amide bonds. The summed E-state index contributed by atoms with van der Waals surface area (Å²) in [7, 11) is -3.53. The van der Waals surface area contributed by atoms with Crippen molar-refractivity contribution in [1.82, 2.24) is 4.31 Å². The molecule has 2 aromatic carbocycles. The number of carbonyl (C=O) groups excluding carboxylic acids is 1. The number of nitrogens with one attached hydrogen (secondary N) is 2. The number of aryl methyl sites for hydroxylation is 1. The maximum Gasteiger partial charge on any atom is 0.279 e. The lowest BCUT2D eigenvalue weighted by atomic mass is 10.1. The van der Waals surface area contributed by atoms with E-state index in [1.807, 2.05) is 32.0 Å². The summed E-state index contributed by atoms with van der Waals surface area (Å²) in [4.78, 5) is 13.7. The maximum absolute atomic E-state index is 12.7. The van der Waals surface area contributed by atoms with Gasteiger partial charge in [-0.3, -0.25) is 4.79 Å². The molecular formula is C20H25ClN3O3S+. The minimum Gasteiger partial charge on any atom is -0.325 e. The highest BCUT2D eigenvalue weighted by Gasteiger charge is 2.31. The molecule has 0 spiro atoms. The standard InChI is InChI=1S/C20H24ClN3O3S/c1-15-4-3-5-19(16(15)2)22-20(25)14-23-10-12-24(13-11-23)28(26,27)18-8-6-17(21)7-9-18/h3-9H,10-14H2,1-2H3,(H,22,25)/p+1. The third kappa shape index (κ3) is 4.72. The summed E-state index contributed by atoms with van der Waals surface area (Å²) in [5, 5.41) is 3.47. The normalized spacial score (nSPS) is 16.1. The van der Waals surface area contributed by atoms with Gasteiger partial charge in [-0.15, -0.1) is 0 Å². The highest BCUT2D eigenvalue weighted by Crippen LogP contribution is 2.19. The number of carbonyl (C=O) groups is 1. The van der Waals surface area contributed by atoms with Gasteiger partial charge in [0.05, 0.1) is 31.1 Å². The van der Waals surface area contributed by atoms with Crippen LogP contribution in [-0.4, -0.2) is 51.4 Å². The van der Waals surface area contributed by atoms with Crippen molar-refractivity contribution in [2.24, 2.45) is 0 Å². The minimum absolute atomic E-state index is 0.0577. The van der Waals surface area contributed by atoms with Crippen molar-refractivity contribution in [3.8, 4) is 0 Å². The second-order valence-corrected chi connectivity index (χ2v) is 9.45. The van der Waals surface area contributed by atoms with E-state index in [2.05, 4.69) is 5.32 Å². The minimum atomic E-state index is -3.53. The van der Waals surface area contributed by atoms with Gasteiger partial charge in [0.2, 0.25) is 10.0 Å². The molecule has 1 aliphatic rings. The van der Waals surface area contributed by atoms with Crippen molar-refractivity contribution in [2.75, 3.05) is 38.0 Å². The zero-order valence-electron chi connectivity index (χ0n) is 16.0. The number of nitrogens with zero attached hydrogens (tertiary/aromatic N) is 1. The van der Waals surface area contributed by atoms with Crippen molar-refractivity contribution >= 4 is 33.2 Å². The van der Waals surface area contributed by atoms with Crippen molar-refractivity contribution in [1.29, 1.82) is 0 Å². The molecule has 0 aromatic heterocycles. The topological polar surface area (TPSA) is 70.9 Å². The number of amides is 1. The molecule has 1 heterocycles. The fourth-order valence-electron chi connectivity index (χ4n) is 3.28. The molecule has 0 bridgehead atoms. The van der Waals surface area contributed by atoms with E-state index in [9.17, 15) is 13.2 Å². The summed E-state index contributed by atoms with van der Waals surface area (Å²) in [6, 6.07) is 12.0. The van der Waals surface area contributed by atoms with E-state index in [0.29, 0.717) is 37.7 Å². The predicted octanol–water partition coefficient (Wildman–Crippen LogP) is 1.48. The van der Waals surface area contributed by atoms with Crippen molar-refractivity contribution < 1.29 is 18.1 Å². The second-order valence-electron chi connectivity index (χ2n) is 7.08. The van der Waals surface area contributed by atoms with Crippen LogP contribution in [0.3, 0.4) is 0 Å². The SMILES string of the molecule is Cc1cccc(NC(=O)C[NH+]2CCN(S(=O)(=O)c3ccc(Cl)cc3)CC2)c1C. The zero-order chi connectivity index (χ0) is 20.3. The monoisotopic (exact) mass is 422 g/mol. The Morgan fingerprint density at radius 3 is 2.39 bits per heavy atom. The summed E-state index contributed by atoms with van der Waals surface area (Å²) in [5.41, 5.74) is 3.02.